The van der Waals surface area contributed by atoms with E-state index in [0.29, 0.717) is 0 Å². The number of nitrogens with one attached hydrogen (secondary N) is 1. The van der Waals surface area contributed by atoms with E-state index < -0.39 is 0 Å². The first-order valence-electron chi connectivity index (χ1n) is 8.22. The number of rotatable bonds is 6. The van der Waals surface area contributed by atoms with Gasteiger partial charge >= 0.3 is 0 Å². The van der Waals surface area contributed by atoms with Gasteiger partial charge in [-0.25, -0.2) is 4.98 Å². The van der Waals surface area contributed by atoms with Crippen LogP contribution in [0.15, 0.2) is 35.7 Å². The van der Waals surface area contributed by atoms with E-state index in [1.807, 2.05) is 7.05 Å². The van der Waals surface area contributed by atoms with E-state index in [9.17, 15) is 0 Å². The Morgan fingerprint density at radius 2 is 2.00 bits per heavy atom. The van der Waals surface area contributed by atoms with E-state index >= 15 is 0 Å². The molecule has 1 aromatic carbocycles. The molecule has 3 rings (SSSR count). The Bertz CT molecular complexity index is 559. The van der Waals surface area contributed by atoms with Crippen LogP contribution in [0.5, 0.6) is 0 Å². The number of benzene rings is 1. The molecule has 1 fully saturated rings. The lowest BCUT2D eigenvalue weighted by Gasteiger charge is -2.31. The molecule has 2 heterocycles. The van der Waals surface area contributed by atoms with E-state index in [-0.39, 0.29) is 0 Å². The maximum Gasteiger partial charge on any atom is 0.123 e. The van der Waals surface area contributed by atoms with Crippen LogP contribution in [0.3, 0.4) is 0 Å². The molecule has 118 valence electrons. The highest BCUT2D eigenvalue weighted by Crippen LogP contribution is 2.25. The number of thiazole rings is 1. The summed E-state index contributed by atoms with van der Waals surface area (Å²) < 4.78 is 0. The third-order valence-corrected chi connectivity index (χ3v) is 5.41. The van der Waals surface area contributed by atoms with E-state index in [4.69, 9.17) is 4.98 Å². The summed E-state index contributed by atoms with van der Waals surface area (Å²) in [4.78, 5) is 7.37. The maximum atomic E-state index is 4.81. The van der Waals surface area contributed by atoms with Gasteiger partial charge in [0.1, 0.15) is 5.01 Å². The summed E-state index contributed by atoms with van der Waals surface area (Å²) in [6, 6.07) is 10.5. The zero-order valence-corrected chi connectivity index (χ0v) is 14.1. The minimum atomic E-state index is 0.902. The number of aromatic nitrogens is 1. The molecule has 0 radical (unpaired) electrons. The fraction of sp³-hybridized carbons (Fsp3) is 0.500. The van der Waals surface area contributed by atoms with Crippen molar-refractivity contribution in [3.8, 4) is 10.6 Å². The van der Waals surface area contributed by atoms with Gasteiger partial charge in [0.2, 0.25) is 0 Å². The van der Waals surface area contributed by atoms with Crippen LogP contribution in [0, 0.1) is 5.92 Å². The summed E-state index contributed by atoms with van der Waals surface area (Å²) in [6.07, 6.45) is 3.98. The van der Waals surface area contributed by atoms with Crippen molar-refractivity contribution in [2.24, 2.45) is 5.92 Å². The van der Waals surface area contributed by atoms with Crippen LogP contribution < -0.4 is 5.32 Å². The number of hydrogen-bond donors (Lipinski definition) is 1. The van der Waals surface area contributed by atoms with Crippen LogP contribution in [0.4, 0.5) is 0 Å². The number of nitrogens with zero attached hydrogens (tertiary/aromatic N) is 2. The van der Waals surface area contributed by atoms with E-state index in [1.165, 1.54) is 43.6 Å². The number of piperidine rings is 1. The molecule has 0 spiro atoms. The van der Waals surface area contributed by atoms with Gasteiger partial charge in [0.05, 0.1) is 5.69 Å². The molecule has 0 bridgehead atoms. The van der Waals surface area contributed by atoms with E-state index in [2.05, 4.69) is 45.9 Å². The Hall–Kier alpha value is -1.23. The summed E-state index contributed by atoms with van der Waals surface area (Å²) in [5.74, 6) is 0.902. The van der Waals surface area contributed by atoms with Crippen molar-refractivity contribution in [2.45, 2.75) is 25.8 Å². The first-order valence-corrected chi connectivity index (χ1v) is 9.10. The first kappa shape index (κ1) is 15.7. The monoisotopic (exact) mass is 315 g/mol. The molecule has 0 atom stereocenters. The van der Waals surface area contributed by atoms with Gasteiger partial charge in [-0.15, -0.1) is 11.3 Å². The van der Waals surface area contributed by atoms with Crippen molar-refractivity contribution in [3.05, 3.63) is 41.4 Å². The molecule has 3 nitrogen and oxygen atoms in total. The minimum Gasteiger partial charge on any atom is -0.320 e. The average molecular weight is 315 g/mol. The van der Waals surface area contributed by atoms with Gasteiger partial charge in [0, 0.05) is 17.5 Å². The van der Waals surface area contributed by atoms with Crippen LogP contribution in [0.25, 0.3) is 10.6 Å². The maximum absolute atomic E-state index is 4.81. The summed E-state index contributed by atoms with van der Waals surface area (Å²) >= 11 is 1.76. The topological polar surface area (TPSA) is 28.2 Å². The zero-order valence-electron chi connectivity index (χ0n) is 13.3. The first-order chi connectivity index (χ1) is 10.8. The van der Waals surface area contributed by atoms with Gasteiger partial charge < -0.3 is 5.32 Å². The van der Waals surface area contributed by atoms with Gasteiger partial charge in [0.15, 0.2) is 0 Å². The van der Waals surface area contributed by atoms with Crippen molar-refractivity contribution >= 4 is 11.3 Å². The van der Waals surface area contributed by atoms with Crippen LogP contribution in [0.1, 0.15) is 25.0 Å². The highest BCUT2D eigenvalue weighted by molar-refractivity contribution is 7.13. The lowest BCUT2D eigenvalue weighted by atomic mass is 9.93. The third-order valence-electron chi connectivity index (χ3n) is 4.47. The van der Waals surface area contributed by atoms with Crippen LogP contribution >= 0.6 is 11.3 Å². The SMILES string of the molecule is CNCCC1CCN(Cc2csc(-c3ccccc3)n2)CC1. The molecule has 1 aliphatic heterocycles. The fourth-order valence-corrected chi connectivity index (χ4v) is 3.92. The molecule has 2 aromatic rings. The average Bonchev–Trinajstić information content (AvgIpc) is 3.04. The van der Waals surface area contributed by atoms with E-state index in [0.717, 1.165) is 24.0 Å². The molecule has 1 aliphatic rings. The standard InChI is InChI=1S/C18H25N3S/c1-19-10-7-15-8-11-21(12-9-15)13-17-14-22-18(20-17)16-5-3-2-4-6-16/h2-6,14-15,19H,7-13H2,1H3. The molecular formula is C18H25N3S. The molecule has 0 aliphatic carbocycles. The Balaban J connectivity index is 1.51. The van der Waals surface area contributed by atoms with Crippen molar-refractivity contribution in [1.82, 2.24) is 15.2 Å². The second-order valence-electron chi connectivity index (χ2n) is 6.12. The molecule has 0 unspecified atom stereocenters. The Labute approximate surface area is 137 Å². The highest BCUT2D eigenvalue weighted by Gasteiger charge is 2.19. The zero-order chi connectivity index (χ0) is 15.2. The Morgan fingerprint density at radius 3 is 2.73 bits per heavy atom. The molecule has 0 saturated carbocycles. The smallest absolute Gasteiger partial charge is 0.123 e. The molecule has 22 heavy (non-hydrogen) atoms. The second-order valence-corrected chi connectivity index (χ2v) is 6.98. The predicted octanol–water partition coefficient (Wildman–Crippen LogP) is 3.63. The van der Waals surface area contributed by atoms with Crippen molar-refractivity contribution in [3.63, 3.8) is 0 Å². The van der Waals surface area contributed by atoms with Crippen molar-refractivity contribution < 1.29 is 0 Å². The van der Waals surface area contributed by atoms with Crippen molar-refractivity contribution in [2.75, 3.05) is 26.7 Å². The number of likely N-dealkylation sites (tertiary alicyclic amines) is 1. The third kappa shape index (κ3) is 4.15. The molecule has 4 heteroatoms. The summed E-state index contributed by atoms with van der Waals surface area (Å²) in [7, 11) is 2.04. The molecule has 1 N–H and O–H groups in total. The van der Waals surface area contributed by atoms with Gasteiger partial charge in [-0.1, -0.05) is 30.3 Å². The van der Waals surface area contributed by atoms with Gasteiger partial charge in [-0.2, -0.15) is 0 Å². The quantitative estimate of drug-likeness (QED) is 0.882. The minimum absolute atomic E-state index is 0.902. The molecular weight excluding hydrogens is 290 g/mol. The van der Waals surface area contributed by atoms with Crippen LogP contribution in [0.2, 0.25) is 0 Å². The summed E-state index contributed by atoms with van der Waals surface area (Å²) in [5.41, 5.74) is 2.45. The molecule has 1 aromatic heterocycles. The van der Waals surface area contributed by atoms with Gasteiger partial charge in [-0.3, -0.25) is 4.90 Å². The van der Waals surface area contributed by atoms with Crippen molar-refractivity contribution in [1.29, 1.82) is 0 Å². The van der Waals surface area contributed by atoms with Crippen LogP contribution in [-0.4, -0.2) is 36.6 Å². The highest BCUT2D eigenvalue weighted by atomic mass is 32.1. The lowest BCUT2D eigenvalue weighted by Crippen LogP contribution is -2.34. The summed E-state index contributed by atoms with van der Waals surface area (Å²) in [6.45, 7) is 4.58. The van der Waals surface area contributed by atoms with Crippen LogP contribution in [-0.2, 0) is 6.54 Å². The molecule has 0 amide bonds. The number of hydrogen-bond acceptors (Lipinski definition) is 4. The van der Waals surface area contributed by atoms with Gasteiger partial charge in [-0.05, 0) is 51.9 Å². The van der Waals surface area contributed by atoms with E-state index in [1.54, 1.807) is 11.3 Å². The summed E-state index contributed by atoms with van der Waals surface area (Å²) in [5, 5.41) is 6.62. The fourth-order valence-electron chi connectivity index (χ4n) is 3.10. The Morgan fingerprint density at radius 1 is 1.23 bits per heavy atom. The lowest BCUT2D eigenvalue weighted by molar-refractivity contribution is 0.171. The molecule has 1 saturated heterocycles. The van der Waals surface area contributed by atoms with Gasteiger partial charge in [0.25, 0.3) is 0 Å². The second kappa shape index (κ2) is 7.86. The normalized spacial score (nSPS) is 17.0. The predicted molar refractivity (Wildman–Crippen MR) is 94.1 cm³/mol. The Kier molecular flexibility index (Phi) is 5.59. The largest absolute Gasteiger partial charge is 0.320 e.